The predicted octanol–water partition coefficient (Wildman–Crippen LogP) is 1.85. The summed E-state index contributed by atoms with van der Waals surface area (Å²) in [7, 11) is 0. The second-order valence-corrected chi connectivity index (χ2v) is 6.74. The fourth-order valence-corrected chi connectivity index (χ4v) is 3.59. The highest BCUT2D eigenvalue weighted by molar-refractivity contribution is 5.99. The number of nitrogens with one attached hydrogen (secondary N) is 2. The van der Waals surface area contributed by atoms with Crippen molar-refractivity contribution in [3.8, 4) is 11.8 Å². The number of imide groups is 1. The molecule has 146 valence electrons. The number of rotatable bonds is 4. The minimum absolute atomic E-state index is 0.107. The van der Waals surface area contributed by atoms with Gasteiger partial charge in [0.1, 0.15) is 24.3 Å². The fraction of sp³-hybridized carbons (Fsp3) is 0.190. The van der Waals surface area contributed by atoms with Gasteiger partial charge in [-0.1, -0.05) is 42.5 Å². The summed E-state index contributed by atoms with van der Waals surface area (Å²) in [5.41, 5.74) is 7.73. The predicted molar refractivity (Wildman–Crippen MR) is 102 cm³/mol. The molecule has 4 rings (SSSR count). The van der Waals surface area contributed by atoms with Crippen LogP contribution >= 0.6 is 0 Å². The number of ether oxygens (including phenoxy) is 2. The summed E-state index contributed by atoms with van der Waals surface area (Å²) in [6.45, 7) is 0.379. The Balaban J connectivity index is 1.66. The van der Waals surface area contributed by atoms with Crippen LogP contribution in [0.5, 0.6) is 5.75 Å². The number of amides is 3. The number of nitriles is 1. The monoisotopic (exact) mass is 390 g/mol. The average molecular weight is 390 g/mol. The Labute approximate surface area is 166 Å². The lowest BCUT2D eigenvalue weighted by Gasteiger charge is -2.39. The van der Waals surface area contributed by atoms with Gasteiger partial charge in [-0.25, -0.2) is 4.79 Å². The van der Waals surface area contributed by atoms with Crippen LogP contribution in [-0.2, 0) is 16.1 Å². The number of carbonyl (C=O) groups excluding carboxylic acids is 2. The molecule has 0 aromatic heterocycles. The van der Waals surface area contributed by atoms with Crippen LogP contribution in [-0.4, -0.2) is 18.2 Å². The summed E-state index contributed by atoms with van der Waals surface area (Å²) in [6.07, 6.45) is -0.952. The maximum Gasteiger partial charge on any atom is 0.324 e. The van der Waals surface area contributed by atoms with Gasteiger partial charge in [0, 0.05) is 5.92 Å². The highest BCUT2D eigenvalue weighted by Crippen LogP contribution is 2.41. The Hall–Kier alpha value is -3.99. The second-order valence-electron chi connectivity index (χ2n) is 6.74. The van der Waals surface area contributed by atoms with Crippen LogP contribution in [0.25, 0.3) is 0 Å². The van der Waals surface area contributed by atoms with Crippen LogP contribution in [0.4, 0.5) is 4.79 Å². The van der Waals surface area contributed by atoms with E-state index in [2.05, 4.69) is 10.6 Å². The van der Waals surface area contributed by atoms with Crippen LogP contribution in [0, 0.1) is 17.2 Å². The molecule has 3 unspecified atom stereocenters. The zero-order valence-corrected chi connectivity index (χ0v) is 15.3. The van der Waals surface area contributed by atoms with Gasteiger partial charge in [-0.05, 0) is 23.3 Å². The van der Waals surface area contributed by atoms with Gasteiger partial charge in [-0.3, -0.25) is 10.1 Å². The van der Waals surface area contributed by atoms with E-state index in [9.17, 15) is 14.9 Å². The third-order valence-electron chi connectivity index (χ3n) is 4.91. The van der Waals surface area contributed by atoms with E-state index in [0.717, 1.165) is 5.56 Å². The molecule has 3 amide bonds. The number of carbonyl (C=O) groups is 2. The molecule has 3 atom stereocenters. The van der Waals surface area contributed by atoms with Gasteiger partial charge in [-0.2, -0.15) is 5.26 Å². The van der Waals surface area contributed by atoms with Crippen LogP contribution in [0.1, 0.15) is 17.0 Å². The largest absolute Gasteiger partial charge is 0.489 e. The summed E-state index contributed by atoms with van der Waals surface area (Å²) in [4.78, 5) is 24.2. The zero-order chi connectivity index (χ0) is 20.4. The van der Waals surface area contributed by atoms with Gasteiger partial charge < -0.3 is 20.5 Å². The van der Waals surface area contributed by atoms with Crippen LogP contribution in [0.3, 0.4) is 0 Å². The molecule has 2 aromatic rings. The van der Waals surface area contributed by atoms with Crippen molar-refractivity contribution in [2.24, 2.45) is 11.7 Å². The average Bonchev–Trinajstić information content (AvgIpc) is 2.72. The third kappa shape index (κ3) is 3.58. The number of fused-ring (bicyclic) bond motifs is 1. The third-order valence-corrected chi connectivity index (χ3v) is 4.91. The second kappa shape index (κ2) is 7.56. The number of allylic oxidation sites excluding steroid dienone is 1. The van der Waals surface area contributed by atoms with Crippen LogP contribution in [0.15, 0.2) is 66.1 Å². The van der Waals surface area contributed by atoms with E-state index in [1.165, 1.54) is 0 Å². The maximum absolute atomic E-state index is 12.5. The van der Waals surface area contributed by atoms with Crippen LogP contribution < -0.4 is 21.1 Å². The molecule has 0 saturated carbocycles. The van der Waals surface area contributed by atoms with Crippen molar-refractivity contribution in [3.63, 3.8) is 0 Å². The van der Waals surface area contributed by atoms with E-state index >= 15 is 0 Å². The molecular weight excluding hydrogens is 372 g/mol. The summed E-state index contributed by atoms with van der Waals surface area (Å²) in [6, 6.07) is 18.2. The lowest BCUT2D eigenvalue weighted by Crippen LogP contribution is -2.62. The number of urea groups is 1. The van der Waals surface area contributed by atoms with Gasteiger partial charge in [0.25, 0.3) is 0 Å². The molecule has 2 aliphatic rings. The number of nitrogens with zero attached hydrogens (tertiary/aromatic N) is 1. The normalized spacial score (nSPS) is 23.2. The smallest absolute Gasteiger partial charge is 0.324 e. The van der Waals surface area contributed by atoms with Gasteiger partial charge in [0.15, 0.2) is 6.23 Å². The topological polar surface area (TPSA) is 126 Å². The molecule has 1 saturated heterocycles. The first-order valence-electron chi connectivity index (χ1n) is 9.01. The lowest BCUT2D eigenvalue weighted by atomic mass is 9.77. The van der Waals surface area contributed by atoms with Crippen molar-refractivity contribution in [2.45, 2.75) is 18.8 Å². The van der Waals surface area contributed by atoms with E-state index in [0.29, 0.717) is 17.9 Å². The van der Waals surface area contributed by atoms with Crippen molar-refractivity contribution >= 4 is 11.9 Å². The molecule has 1 fully saturated rings. The Morgan fingerprint density at radius 2 is 1.93 bits per heavy atom. The fourth-order valence-electron chi connectivity index (χ4n) is 3.59. The first-order valence-corrected chi connectivity index (χ1v) is 9.01. The minimum atomic E-state index is -0.952. The van der Waals surface area contributed by atoms with E-state index < -0.39 is 30.0 Å². The molecular formula is C21H18N4O4. The SMILES string of the molecule is N#CC1=C(N)OC2NC(=O)NC(=O)C2C1c1cccc(OCc2ccccc2)c1. The summed E-state index contributed by atoms with van der Waals surface area (Å²) in [5, 5.41) is 14.4. The van der Waals surface area contributed by atoms with E-state index in [1.807, 2.05) is 36.4 Å². The molecule has 8 heteroatoms. The van der Waals surface area contributed by atoms with Crippen LogP contribution in [0.2, 0.25) is 0 Å². The molecule has 2 aliphatic heterocycles. The molecule has 0 spiro atoms. The molecule has 0 radical (unpaired) electrons. The van der Waals surface area contributed by atoms with Gasteiger partial charge in [0.05, 0.1) is 5.57 Å². The number of hydrogen-bond donors (Lipinski definition) is 3. The molecule has 0 aliphatic carbocycles. The standard InChI is InChI=1S/C21H18N4O4/c22-10-15-16(17-19(26)24-21(27)25-20(17)29-18(15)23)13-7-4-8-14(9-13)28-11-12-5-2-1-3-6-12/h1-9,16-17,20H,11,23H2,(H2,24,25,26,27). The first kappa shape index (κ1) is 18.4. The summed E-state index contributed by atoms with van der Waals surface area (Å²) < 4.78 is 11.3. The Kier molecular flexibility index (Phi) is 4.79. The molecule has 4 N–H and O–H groups in total. The minimum Gasteiger partial charge on any atom is -0.489 e. The Morgan fingerprint density at radius 1 is 1.14 bits per heavy atom. The van der Waals surface area contributed by atoms with Crippen molar-refractivity contribution in [1.82, 2.24) is 10.6 Å². The highest BCUT2D eigenvalue weighted by Gasteiger charge is 2.48. The summed E-state index contributed by atoms with van der Waals surface area (Å²) in [5.74, 6) is -1.56. The number of benzene rings is 2. The van der Waals surface area contributed by atoms with Crippen molar-refractivity contribution in [3.05, 3.63) is 77.2 Å². The first-order chi connectivity index (χ1) is 14.1. The van der Waals surface area contributed by atoms with Gasteiger partial charge >= 0.3 is 6.03 Å². The molecule has 2 aromatic carbocycles. The Bertz CT molecular complexity index is 1030. The quantitative estimate of drug-likeness (QED) is 0.731. The van der Waals surface area contributed by atoms with Gasteiger partial charge in [0.2, 0.25) is 11.8 Å². The van der Waals surface area contributed by atoms with E-state index in [4.69, 9.17) is 15.2 Å². The van der Waals surface area contributed by atoms with E-state index in [1.54, 1.807) is 24.3 Å². The highest BCUT2D eigenvalue weighted by atomic mass is 16.5. The van der Waals surface area contributed by atoms with Crippen molar-refractivity contribution in [1.29, 1.82) is 5.26 Å². The lowest BCUT2D eigenvalue weighted by molar-refractivity contribution is -0.132. The van der Waals surface area contributed by atoms with Crippen molar-refractivity contribution < 1.29 is 19.1 Å². The zero-order valence-electron chi connectivity index (χ0n) is 15.3. The summed E-state index contributed by atoms with van der Waals surface area (Å²) >= 11 is 0. The molecule has 8 nitrogen and oxygen atoms in total. The van der Waals surface area contributed by atoms with Crippen molar-refractivity contribution in [2.75, 3.05) is 0 Å². The molecule has 2 heterocycles. The van der Waals surface area contributed by atoms with Gasteiger partial charge in [-0.15, -0.1) is 0 Å². The maximum atomic E-state index is 12.5. The molecule has 29 heavy (non-hydrogen) atoms. The molecule has 0 bridgehead atoms. The van der Waals surface area contributed by atoms with E-state index in [-0.39, 0.29) is 11.5 Å². The number of nitrogens with two attached hydrogens (primary N) is 1. The number of hydrogen-bond acceptors (Lipinski definition) is 6. The Morgan fingerprint density at radius 3 is 2.69 bits per heavy atom.